The van der Waals surface area contributed by atoms with Gasteiger partial charge in [0.15, 0.2) is 0 Å². The summed E-state index contributed by atoms with van der Waals surface area (Å²) in [4.78, 5) is 16.4. The largest absolute Gasteiger partial charge is 0.348 e. The minimum atomic E-state index is -0.0952. The van der Waals surface area contributed by atoms with E-state index >= 15 is 0 Å². The molecule has 0 unspecified atom stereocenters. The van der Waals surface area contributed by atoms with E-state index in [4.69, 9.17) is 0 Å². The summed E-state index contributed by atoms with van der Waals surface area (Å²) in [5.41, 5.74) is 3.83. The lowest BCUT2D eigenvalue weighted by Gasteiger charge is -2.07. The number of rotatable bonds is 4. The molecule has 0 aliphatic rings. The lowest BCUT2D eigenvalue weighted by Crippen LogP contribution is -2.22. The molecule has 0 saturated heterocycles. The van der Waals surface area contributed by atoms with Gasteiger partial charge in [0.25, 0.3) is 5.91 Å². The maximum Gasteiger partial charge on any atom is 0.251 e. The number of benzene rings is 1. The highest BCUT2D eigenvalue weighted by molar-refractivity contribution is 9.10. The van der Waals surface area contributed by atoms with Crippen LogP contribution in [0.25, 0.3) is 11.1 Å². The van der Waals surface area contributed by atoms with Crippen LogP contribution in [0, 0.1) is 0 Å². The fraction of sp³-hybridized carbons (Fsp3) is 0.0588. The molecule has 1 N–H and O–H groups in total. The zero-order valence-corrected chi connectivity index (χ0v) is 14.0. The molecule has 2 heterocycles. The molecule has 0 atom stereocenters. The fourth-order valence-corrected chi connectivity index (χ4v) is 3.15. The van der Waals surface area contributed by atoms with E-state index in [2.05, 4.69) is 43.7 Å². The second-order valence-electron chi connectivity index (χ2n) is 4.79. The summed E-state index contributed by atoms with van der Waals surface area (Å²) in [7, 11) is 0. The number of hydrogen-bond acceptors (Lipinski definition) is 3. The molecule has 22 heavy (non-hydrogen) atoms. The Bertz CT molecular complexity index is 787. The first-order valence-corrected chi connectivity index (χ1v) is 8.46. The van der Waals surface area contributed by atoms with E-state index in [1.807, 2.05) is 23.7 Å². The van der Waals surface area contributed by atoms with Crippen molar-refractivity contribution < 1.29 is 4.79 Å². The van der Waals surface area contributed by atoms with Crippen LogP contribution in [-0.2, 0) is 6.54 Å². The van der Waals surface area contributed by atoms with E-state index in [9.17, 15) is 4.79 Å². The van der Waals surface area contributed by atoms with E-state index in [1.54, 1.807) is 29.7 Å². The van der Waals surface area contributed by atoms with Crippen LogP contribution in [0.3, 0.4) is 0 Å². The zero-order valence-electron chi connectivity index (χ0n) is 11.6. The van der Waals surface area contributed by atoms with Gasteiger partial charge in [0.1, 0.15) is 0 Å². The van der Waals surface area contributed by atoms with Crippen LogP contribution >= 0.6 is 27.3 Å². The van der Waals surface area contributed by atoms with Crippen LogP contribution < -0.4 is 5.32 Å². The molecule has 0 radical (unpaired) electrons. The number of nitrogens with zero attached hydrogens (tertiary/aromatic N) is 1. The number of pyridine rings is 1. The molecule has 1 amide bonds. The van der Waals surface area contributed by atoms with E-state index in [0.717, 1.165) is 21.2 Å². The molecule has 1 aromatic carbocycles. The van der Waals surface area contributed by atoms with E-state index < -0.39 is 0 Å². The summed E-state index contributed by atoms with van der Waals surface area (Å²) in [5.74, 6) is -0.0952. The highest BCUT2D eigenvalue weighted by atomic mass is 79.9. The lowest BCUT2D eigenvalue weighted by atomic mass is 10.1. The third-order valence-corrected chi connectivity index (χ3v) is 4.37. The van der Waals surface area contributed by atoms with Crippen molar-refractivity contribution in [3.63, 3.8) is 0 Å². The second kappa shape index (κ2) is 6.85. The van der Waals surface area contributed by atoms with E-state index in [1.165, 1.54) is 0 Å². The molecular formula is C17H13BrN2OS. The number of nitrogens with one attached hydrogen (secondary N) is 1. The van der Waals surface area contributed by atoms with Crippen molar-refractivity contribution in [3.05, 3.63) is 75.2 Å². The Morgan fingerprint density at radius 3 is 2.86 bits per heavy atom. The number of halogens is 1. The second-order valence-corrected chi connectivity index (χ2v) is 6.48. The monoisotopic (exact) mass is 372 g/mol. The van der Waals surface area contributed by atoms with Gasteiger partial charge < -0.3 is 5.32 Å². The first-order valence-electron chi connectivity index (χ1n) is 6.72. The van der Waals surface area contributed by atoms with Gasteiger partial charge in [-0.15, -0.1) is 0 Å². The third kappa shape index (κ3) is 3.61. The molecule has 0 aliphatic carbocycles. The maximum atomic E-state index is 12.1. The number of carbonyl (C=O) groups excluding carboxylic acids is 1. The fourth-order valence-electron chi connectivity index (χ4n) is 2.08. The van der Waals surface area contributed by atoms with Gasteiger partial charge >= 0.3 is 0 Å². The smallest absolute Gasteiger partial charge is 0.251 e. The quantitative estimate of drug-likeness (QED) is 0.732. The average Bonchev–Trinajstić information content (AvgIpc) is 3.07. The summed E-state index contributed by atoms with van der Waals surface area (Å²) in [6, 6.07) is 11.4. The Morgan fingerprint density at radius 1 is 1.18 bits per heavy atom. The van der Waals surface area contributed by atoms with Gasteiger partial charge in [-0.2, -0.15) is 11.3 Å². The molecular weight excluding hydrogens is 360 g/mol. The van der Waals surface area contributed by atoms with Crippen LogP contribution in [0.1, 0.15) is 15.9 Å². The molecule has 0 bridgehead atoms. The Morgan fingerprint density at radius 2 is 2.09 bits per heavy atom. The van der Waals surface area contributed by atoms with Crippen molar-refractivity contribution >= 4 is 33.2 Å². The van der Waals surface area contributed by atoms with E-state index in [0.29, 0.717) is 12.1 Å². The number of thiophene rings is 1. The number of aromatic nitrogens is 1. The standard InChI is InChI=1S/C17H13BrN2OS/c18-16-3-1-2-13(7-16)17(21)20-9-12-6-15(10-19-8-12)14-4-5-22-11-14/h1-8,10-11H,9H2,(H,20,21). The maximum absolute atomic E-state index is 12.1. The van der Waals surface area contributed by atoms with Gasteiger partial charge in [-0.3, -0.25) is 9.78 Å². The van der Waals surface area contributed by atoms with Crippen molar-refractivity contribution in [2.45, 2.75) is 6.54 Å². The normalized spacial score (nSPS) is 10.4. The minimum Gasteiger partial charge on any atom is -0.348 e. The zero-order chi connectivity index (χ0) is 15.4. The van der Waals surface area contributed by atoms with Gasteiger partial charge in [-0.05, 0) is 52.2 Å². The van der Waals surface area contributed by atoms with Crippen molar-refractivity contribution in [1.82, 2.24) is 10.3 Å². The molecule has 0 fully saturated rings. The summed E-state index contributed by atoms with van der Waals surface area (Å²) in [6.45, 7) is 0.455. The average molecular weight is 373 g/mol. The lowest BCUT2D eigenvalue weighted by molar-refractivity contribution is 0.0951. The van der Waals surface area contributed by atoms with Gasteiger partial charge in [-0.1, -0.05) is 22.0 Å². The van der Waals surface area contributed by atoms with Gasteiger partial charge in [-0.25, -0.2) is 0 Å². The molecule has 0 spiro atoms. The SMILES string of the molecule is O=C(NCc1cncc(-c2ccsc2)c1)c1cccc(Br)c1. The van der Waals surface area contributed by atoms with Crippen molar-refractivity contribution in [2.24, 2.45) is 0 Å². The first kappa shape index (κ1) is 14.9. The Balaban J connectivity index is 1.69. The van der Waals surface area contributed by atoms with Crippen molar-refractivity contribution in [3.8, 4) is 11.1 Å². The van der Waals surface area contributed by atoms with Gasteiger partial charge in [0.05, 0.1) is 0 Å². The minimum absolute atomic E-state index is 0.0952. The van der Waals surface area contributed by atoms with Crippen molar-refractivity contribution in [1.29, 1.82) is 0 Å². The molecule has 110 valence electrons. The molecule has 0 saturated carbocycles. The Labute approximate surface area is 141 Å². The topological polar surface area (TPSA) is 42.0 Å². The number of amides is 1. The molecule has 3 aromatic rings. The summed E-state index contributed by atoms with van der Waals surface area (Å²) in [6.07, 6.45) is 3.61. The highest BCUT2D eigenvalue weighted by Crippen LogP contribution is 2.22. The Kier molecular flexibility index (Phi) is 4.65. The third-order valence-electron chi connectivity index (χ3n) is 3.19. The van der Waals surface area contributed by atoms with Gasteiger partial charge in [0.2, 0.25) is 0 Å². The Hall–Kier alpha value is -1.98. The number of hydrogen-bond donors (Lipinski definition) is 1. The van der Waals surface area contributed by atoms with Gasteiger partial charge in [0, 0.05) is 34.5 Å². The first-order chi connectivity index (χ1) is 10.7. The molecule has 3 nitrogen and oxygen atoms in total. The van der Waals surface area contributed by atoms with Crippen LogP contribution in [0.5, 0.6) is 0 Å². The summed E-state index contributed by atoms with van der Waals surface area (Å²) in [5, 5.41) is 7.04. The van der Waals surface area contributed by atoms with Crippen LogP contribution in [0.2, 0.25) is 0 Å². The summed E-state index contributed by atoms with van der Waals surface area (Å²) >= 11 is 5.02. The van der Waals surface area contributed by atoms with Crippen LogP contribution in [0.15, 0.2) is 64.0 Å². The summed E-state index contributed by atoms with van der Waals surface area (Å²) < 4.78 is 0.890. The predicted molar refractivity (Wildman–Crippen MR) is 92.9 cm³/mol. The molecule has 0 aliphatic heterocycles. The van der Waals surface area contributed by atoms with Crippen molar-refractivity contribution in [2.75, 3.05) is 0 Å². The van der Waals surface area contributed by atoms with Crippen LogP contribution in [0.4, 0.5) is 0 Å². The molecule has 2 aromatic heterocycles. The van der Waals surface area contributed by atoms with E-state index in [-0.39, 0.29) is 5.91 Å². The molecule has 3 rings (SSSR count). The molecule has 5 heteroatoms. The highest BCUT2D eigenvalue weighted by Gasteiger charge is 2.06. The predicted octanol–water partition coefficient (Wildman–Crippen LogP) is 4.50. The van der Waals surface area contributed by atoms with Crippen LogP contribution in [-0.4, -0.2) is 10.9 Å². The number of carbonyl (C=O) groups is 1.